The van der Waals surface area contributed by atoms with Gasteiger partial charge >= 0.3 is 0 Å². The lowest BCUT2D eigenvalue weighted by atomic mass is 9.72. The predicted molar refractivity (Wildman–Crippen MR) is 275 cm³/mol. The fraction of sp³-hybridized carbons (Fsp3) is 0.0196. The Bertz CT molecular complexity index is 4050. The first kappa shape index (κ1) is 41.8. The fourth-order valence-electron chi connectivity index (χ4n) is 10.9. The highest BCUT2D eigenvalue weighted by Crippen LogP contribution is 2.61. The van der Waals surface area contributed by atoms with Crippen molar-refractivity contribution in [1.82, 2.24) is 0 Å². The van der Waals surface area contributed by atoms with Crippen molar-refractivity contribution >= 4 is 118 Å². The summed E-state index contributed by atoms with van der Waals surface area (Å²) < 4.78 is 0. The van der Waals surface area contributed by atoms with Gasteiger partial charge in [-0.3, -0.25) is 0 Å². The maximum atomic E-state index is 12.0. The van der Waals surface area contributed by atoms with Gasteiger partial charge in [0.2, 0.25) is 5.75 Å². The quantitative estimate of drug-likeness (QED) is 0.0685. The minimum Gasteiger partial charge on any atom is -0.508 e. The van der Waals surface area contributed by atoms with E-state index in [0.29, 0.717) is 49.6 Å². The van der Waals surface area contributed by atoms with Gasteiger partial charge in [0.15, 0.2) is 46.0 Å². The van der Waals surface area contributed by atoms with E-state index in [1.807, 2.05) is 60.7 Å². The molecule has 11 aromatic rings. The lowest BCUT2D eigenvalue weighted by Crippen LogP contribution is -2.19. The summed E-state index contributed by atoms with van der Waals surface area (Å²) in [5, 5.41) is 147. The average molecular weight is 900 g/mol. The molecule has 0 heterocycles. The maximum Gasteiger partial charge on any atom is 0.201 e. The fourth-order valence-corrected chi connectivity index (χ4v) is 10.9. The molecule has 0 atom stereocenters. The minimum absolute atomic E-state index is 0.0939. The molecule has 0 aliphatic heterocycles. The summed E-state index contributed by atoms with van der Waals surface area (Å²) in [6.45, 7) is 1.57. The van der Waals surface area contributed by atoms with Gasteiger partial charge in [0.1, 0.15) is 54.4 Å². The van der Waals surface area contributed by atoms with E-state index in [2.05, 4.69) is 0 Å². The predicted octanol–water partition coefficient (Wildman–Crippen LogP) is 3.66. The second-order valence-corrected chi connectivity index (χ2v) is 17.6. The van der Waals surface area contributed by atoms with Crippen molar-refractivity contribution in [3.8, 4) is 119 Å². The molecule has 11 aromatic carbocycles. The largest absolute Gasteiger partial charge is 0.508 e. The first-order valence-electron chi connectivity index (χ1n) is 21.4. The molecule has 13 nitrogen and oxygen atoms in total. The number of aryl methyl sites for hydroxylation is 1. The van der Waals surface area contributed by atoms with Crippen LogP contribution in [0.5, 0.6) is 74.7 Å². The van der Waals surface area contributed by atoms with Gasteiger partial charge < -0.3 is 66.4 Å². The standard InChI is InChI=1S/C51H36B4O13/c1-14-21-23(36(53)41(58)31-24(21)27-30(39(14)56)48(65)51(68)49(66)34(27)46(63)43(31)60)20-12-18(15-5-3-2-4-6-15)11-19(13-20)16-7-9-17(10-8-16)22-28-25-26-29(37(54)40(28)57)38(55)50(67)47(64)33(26)45(62)44(61)32(25)42(59)35(22)52/h2-13,56-68H,52-55H2,1H3. The van der Waals surface area contributed by atoms with Crippen molar-refractivity contribution in [2.45, 2.75) is 6.92 Å². The molecule has 0 saturated heterocycles. The summed E-state index contributed by atoms with van der Waals surface area (Å²) in [5.41, 5.74) is 6.10. The molecule has 13 N–H and O–H groups in total. The molecule has 0 fully saturated rings. The Morgan fingerprint density at radius 3 is 1.12 bits per heavy atom. The van der Waals surface area contributed by atoms with E-state index in [4.69, 9.17) is 0 Å². The monoisotopic (exact) mass is 900 g/mol. The third kappa shape index (κ3) is 5.04. The lowest BCUT2D eigenvalue weighted by molar-refractivity contribution is 0.370. The Morgan fingerprint density at radius 2 is 0.588 bits per heavy atom. The number of rotatable bonds is 4. The van der Waals surface area contributed by atoms with Crippen LogP contribution in [0.3, 0.4) is 0 Å². The molecule has 0 radical (unpaired) electrons. The Balaban J connectivity index is 1.18. The molecule has 68 heavy (non-hydrogen) atoms. The lowest BCUT2D eigenvalue weighted by Gasteiger charge is -2.25. The van der Waals surface area contributed by atoms with Gasteiger partial charge in [-0.05, 0) is 102 Å². The average Bonchev–Trinajstić information content (AvgIpc) is 3.33. The van der Waals surface area contributed by atoms with Gasteiger partial charge in [-0.1, -0.05) is 54.6 Å². The van der Waals surface area contributed by atoms with Crippen LogP contribution in [0.2, 0.25) is 0 Å². The van der Waals surface area contributed by atoms with Crippen molar-refractivity contribution in [1.29, 1.82) is 0 Å². The minimum atomic E-state index is -1.03. The second-order valence-electron chi connectivity index (χ2n) is 17.6. The van der Waals surface area contributed by atoms with E-state index in [-0.39, 0.29) is 81.9 Å². The molecule has 0 unspecified atom stereocenters. The van der Waals surface area contributed by atoms with Crippen molar-refractivity contribution in [2.75, 3.05) is 0 Å². The molecule has 17 heteroatoms. The summed E-state index contributed by atoms with van der Waals surface area (Å²) in [5.74, 6) is -8.70. The van der Waals surface area contributed by atoms with Crippen LogP contribution in [0.15, 0.2) is 72.8 Å². The van der Waals surface area contributed by atoms with E-state index in [0.717, 1.165) is 11.1 Å². The molecule has 0 saturated carbocycles. The van der Waals surface area contributed by atoms with Gasteiger partial charge in [-0.15, -0.1) is 0 Å². The van der Waals surface area contributed by atoms with Crippen molar-refractivity contribution in [3.63, 3.8) is 0 Å². The summed E-state index contributed by atoms with van der Waals surface area (Å²) in [6.07, 6.45) is 0. The van der Waals surface area contributed by atoms with Gasteiger partial charge in [-0.25, -0.2) is 0 Å². The first-order chi connectivity index (χ1) is 32.3. The zero-order chi connectivity index (χ0) is 48.4. The van der Waals surface area contributed by atoms with Crippen molar-refractivity contribution in [3.05, 3.63) is 78.4 Å². The van der Waals surface area contributed by atoms with Crippen molar-refractivity contribution in [2.24, 2.45) is 0 Å². The zero-order valence-corrected chi connectivity index (χ0v) is 36.7. The Kier molecular flexibility index (Phi) is 8.52. The number of benzene rings is 11. The Labute approximate surface area is 387 Å². The zero-order valence-electron chi connectivity index (χ0n) is 36.7. The van der Waals surface area contributed by atoms with Crippen LogP contribution in [0.25, 0.3) is 109 Å². The van der Waals surface area contributed by atoms with Crippen LogP contribution in [0.1, 0.15) is 5.56 Å². The Morgan fingerprint density at radius 1 is 0.250 bits per heavy atom. The molecule has 330 valence electrons. The van der Waals surface area contributed by atoms with E-state index in [1.165, 1.54) is 0 Å². The number of phenols is 13. The van der Waals surface area contributed by atoms with Crippen LogP contribution >= 0.6 is 0 Å². The van der Waals surface area contributed by atoms with E-state index in [9.17, 15) is 66.4 Å². The number of aromatic hydroxyl groups is 13. The van der Waals surface area contributed by atoms with E-state index in [1.54, 1.807) is 50.4 Å². The van der Waals surface area contributed by atoms with Crippen LogP contribution in [-0.2, 0) is 0 Å². The molecule has 0 aliphatic rings. The summed E-state index contributed by atoms with van der Waals surface area (Å²) in [7, 11) is 6.42. The number of hydrogen-bond donors (Lipinski definition) is 13. The maximum absolute atomic E-state index is 12.0. The summed E-state index contributed by atoms with van der Waals surface area (Å²) >= 11 is 0. The number of phenolic OH excluding ortho intramolecular Hbond substituents is 13. The third-order valence-corrected chi connectivity index (χ3v) is 14.2. The highest BCUT2D eigenvalue weighted by Gasteiger charge is 2.34. The molecule has 0 aliphatic carbocycles. The topological polar surface area (TPSA) is 263 Å². The van der Waals surface area contributed by atoms with Crippen LogP contribution < -0.4 is 21.9 Å². The van der Waals surface area contributed by atoms with E-state index < -0.39 is 68.6 Å². The molecular formula is C51H36B4O13. The van der Waals surface area contributed by atoms with Crippen molar-refractivity contribution < 1.29 is 66.4 Å². The highest BCUT2D eigenvalue weighted by molar-refractivity contribution is 6.56. The highest BCUT2D eigenvalue weighted by atomic mass is 16.3. The molecule has 11 rings (SSSR count). The SMILES string of the molecule is Bc1c(O)c2c(O)c(O)c3c(O)c(O)c(O)c4c(O)c(C)c(c1-c1cc(-c5ccccc5)cc(-c5ccc(-c6c(B)c(O)c7c(O)c(O)c8c(O)c(O)c(B)c9c(B)c(O)c6c7c98)cc5)c1)c2c43. The molecule has 0 bridgehead atoms. The normalized spacial score (nSPS) is 12.0. The summed E-state index contributed by atoms with van der Waals surface area (Å²) in [4.78, 5) is 0. The summed E-state index contributed by atoms with van der Waals surface area (Å²) in [6, 6.07) is 22.5. The smallest absolute Gasteiger partial charge is 0.201 e. The van der Waals surface area contributed by atoms with Gasteiger partial charge in [0.25, 0.3) is 0 Å². The van der Waals surface area contributed by atoms with Gasteiger partial charge in [-0.2, -0.15) is 0 Å². The van der Waals surface area contributed by atoms with Gasteiger partial charge in [0.05, 0.1) is 26.9 Å². The van der Waals surface area contributed by atoms with Crippen LogP contribution in [-0.4, -0.2) is 97.8 Å². The van der Waals surface area contributed by atoms with Crippen LogP contribution in [0, 0.1) is 6.92 Å². The van der Waals surface area contributed by atoms with E-state index >= 15 is 0 Å². The van der Waals surface area contributed by atoms with Gasteiger partial charge in [0, 0.05) is 32.5 Å². The first-order valence-corrected chi connectivity index (χ1v) is 21.4. The third-order valence-electron chi connectivity index (χ3n) is 14.2. The molecule has 0 aromatic heterocycles. The molecule has 0 amide bonds. The molecular weight excluding hydrogens is 864 g/mol. The Hall–Kier alpha value is -8.84. The molecule has 0 spiro atoms. The number of hydrogen-bond acceptors (Lipinski definition) is 13. The van der Waals surface area contributed by atoms with Crippen LogP contribution in [0.4, 0.5) is 0 Å². The second kappa shape index (κ2) is 13.8.